The molecule has 2 heterocycles. The van der Waals surface area contributed by atoms with Crippen molar-refractivity contribution in [2.75, 3.05) is 24.7 Å². The van der Waals surface area contributed by atoms with Crippen molar-refractivity contribution < 1.29 is 22.7 Å². The molecule has 2 aliphatic rings. The van der Waals surface area contributed by atoms with Gasteiger partial charge in [-0.3, -0.25) is 4.79 Å². The third-order valence-corrected chi connectivity index (χ3v) is 7.14. The van der Waals surface area contributed by atoms with Crippen LogP contribution in [0.5, 0.6) is 0 Å². The van der Waals surface area contributed by atoms with Gasteiger partial charge in [-0.25, -0.2) is 12.8 Å². The first kappa shape index (κ1) is 19.3. The molecule has 3 atom stereocenters. The first-order chi connectivity index (χ1) is 12.3. The molecule has 0 spiro atoms. The topological polar surface area (TPSA) is 86.7 Å². The van der Waals surface area contributed by atoms with Crippen molar-refractivity contribution in [1.29, 1.82) is 0 Å². The molecule has 1 aromatic rings. The number of aryl methyl sites for hydroxylation is 1. The highest BCUT2D eigenvalue weighted by Crippen LogP contribution is 2.26. The van der Waals surface area contributed by atoms with E-state index in [2.05, 4.69) is 5.32 Å². The van der Waals surface area contributed by atoms with Gasteiger partial charge in [0.2, 0.25) is 5.91 Å². The average Bonchev–Trinajstić information content (AvgIpc) is 3.18. The molecule has 0 unspecified atom stereocenters. The van der Waals surface area contributed by atoms with Gasteiger partial charge in [0.25, 0.3) is 0 Å². The minimum Gasteiger partial charge on any atom is -0.394 e. The van der Waals surface area contributed by atoms with E-state index in [-0.39, 0.29) is 35.9 Å². The SMILES string of the molecule is Cc1ccc(F)cc1CN[C@@H]1CS(=O)(=O)C[C@H]1C(=O)N1CCC[C@H]1CO. The predicted molar refractivity (Wildman–Crippen MR) is 95.7 cm³/mol. The summed E-state index contributed by atoms with van der Waals surface area (Å²) in [5, 5.41) is 12.6. The highest BCUT2D eigenvalue weighted by molar-refractivity contribution is 7.91. The van der Waals surface area contributed by atoms with Crippen molar-refractivity contribution in [2.24, 2.45) is 5.92 Å². The Morgan fingerprint density at radius 2 is 2.15 bits per heavy atom. The van der Waals surface area contributed by atoms with E-state index in [4.69, 9.17) is 0 Å². The number of sulfone groups is 1. The molecule has 2 N–H and O–H groups in total. The first-order valence-electron chi connectivity index (χ1n) is 8.91. The maximum atomic E-state index is 13.5. The number of likely N-dealkylation sites (tertiary alicyclic amines) is 1. The van der Waals surface area contributed by atoms with E-state index in [1.807, 2.05) is 6.92 Å². The quantitative estimate of drug-likeness (QED) is 0.777. The third-order valence-electron chi connectivity index (χ3n) is 5.41. The number of amides is 1. The zero-order valence-electron chi connectivity index (χ0n) is 14.8. The van der Waals surface area contributed by atoms with Crippen LogP contribution in [0.25, 0.3) is 0 Å². The molecule has 0 aliphatic carbocycles. The largest absolute Gasteiger partial charge is 0.394 e. The maximum absolute atomic E-state index is 13.5. The van der Waals surface area contributed by atoms with E-state index in [0.29, 0.717) is 13.1 Å². The summed E-state index contributed by atoms with van der Waals surface area (Å²) in [4.78, 5) is 14.5. The number of carbonyl (C=O) groups excluding carboxylic acids is 1. The smallest absolute Gasteiger partial charge is 0.228 e. The Balaban J connectivity index is 1.74. The summed E-state index contributed by atoms with van der Waals surface area (Å²) < 4.78 is 37.7. The molecule has 0 bridgehead atoms. The molecule has 8 heteroatoms. The first-order valence-corrected chi connectivity index (χ1v) is 10.7. The minimum atomic E-state index is -3.31. The normalized spacial score (nSPS) is 27.8. The number of aliphatic hydroxyl groups excluding tert-OH is 1. The fraction of sp³-hybridized carbons (Fsp3) is 0.611. The highest BCUT2D eigenvalue weighted by atomic mass is 32.2. The zero-order chi connectivity index (χ0) is 18.9. The highest BCUT2D eigenvalue weighted by Gasteiger charge is 2.45. The molecule has 1 aromatic carbocycles. The van der Waals surface area contributed by atoms with Crippen LogP contribution < -0.4 is 5.32 Å². The van der Waals surface area contributed by atoms with E-state index < -0.39 is 21.8 Å². The Morgan fingerprint density at radius 3 is 2.88 bits per heavy atom. The standard InChI is InChI=1S/C18H25FN2O4S/c1-12-4-5-14(19)7-13(12)8-20-17-11-26(24,25)10-16(17)18(23)21-6-2-3-15(21)9-22/h4-5,7,15-17,20,22H,2-3,6,8-11H2,1H3/t15-,16+,17+/m0/s1. The molecule has 2 aliphatic heterocycles. The second-order valence-corrected chi connectivity index (χ2v) is 9.41. The number of halogens is 1. The van der Waals surface area contributed by atoms with Gasteiger partial charge in [0.1, 0.15) is 5.82 Å². The summed E-state index contributed by atoms with van der Waals surface area (Å²) in [6.07, 6.45) is 1.55. The summed E-state index contributed by atoms with van der Waals surface area (Å²) in [6, 6.07) is 3.75. The summed E-state index contributed by atoms with van der Waals surface area (Å²) in [5.41, 5.74) is 1.65. The number of carbonyl (C=O) groups is 1. The number of nitrogens with zero attached hydrogens (tertiary/aromatic N) is 1. The van der Waals surface area contributed by atoms with E-state index in [1.165, 1.54) is 12.1 Å². The Morgan fingerprint density at radius 1 is 1.38 bits per heavy atom. The predicted octanol–water partition coefficient (Wildman–Crippen LogP) is 0.620. The van der Waals surface area contributed by atoms with E-state index >= 15 is 0 Å². The molecule has 2 saturated heterocycles. The van der Waals surface area contributed by atoms with Crippen LogP contribution in [0, 0.1) is 18.7 Å². The van der Waals surface area contributed by atoms with Gasteiger partial charge in [0.15, 0.2) is 9.84 Å². The van der Waals surface area contributed by atoms with Crippen molar-refractivity contribution in [3.8, 4) is 0 Å². The average molecular weight is 384 g/mol. The fourth-order valence-corrected chi connectivity index (χ4v) is 5.85. The minimum absolute atomic E-state index is 0.102. The van der Waals surface area contributed by atoms with Crippen LogP contribution >= 0.6 is 0 Å². The van der Waals surface area contributed by atoms with Crippen molar-refractivity contribution in [2.45, 2.75) is 38.4 Å². The van der Waals surface area contributed by atoms with Crippen molar-refractivity contribution >= 4 is 15.7 Å². The van der Waals surface area contributed by atoms with E-state index in [9.17, 15) is 22.7 Å². The second-order valence-electron chi connectivity index (χ2n) is 7.25. The summed E-state index contributed by atoms with van der Waals surface area (Å²) in [5.74, 6) is -1.51. The van der Waals surface area contributed by atoms with Gasteiger partial charge in [-0.05, 0) is 43.0 Å². The maximum Gasteiger partial charge on any atom is 0.228 e. The molecule has 26 heavy (non-hydrogen) atoms. The summed E-state index contributed by atoms with van der Waals surface area (Å²) in [7, 11) is -3.31. The van der Waals surface area contributed by atoms with Crippen molar-refractivity contribution in [3.63, 3.8) is 0 Å². The molecular weight excluding hydrogens is 359 g/mol. The van der Waals surface area contributed by atoms with Crippen molar-refractivity contribution in [3.05, 3.63) is 35.1 Å². The number of nitrogens with one attached hydrogen (secondary N) is 1. The van der Waals surface area contributed by atoms with Crippen LogP contribution in [0.4, 0.5) is 4.39 Å². The summed E-state index contributed by atoms with van der Waals surface area (Å²) >= 11 is 0. The molecule has 144 valence electrons. The lowest BCUT2D eigenvalue weighted by Crippen LogP contribution is -2.48. The molecule has 6 nitrogen and oxygen atoms in total. The summed E-state index contributed by atoms with van der Waals surface area (Å²) in [6.45, 7) is 2.61. The van der Waals surface area contributed by atoms with Gasteiger partial charge in [-0.15, -0.1) is 0 Å². The number of hydrogen-bond donors (Lipinski definition) is 2. The lowest BCUT2D eigenvalue weighted by molar-refractivity contribution is -0.136. The Kier molecular flexibility index (Phi) is 5.64. The van der Waals surface area contributed by atoms with Gasteiger partial charge in [-0.1, -0.05) is 6.07 Å². The number of rotatable bonds is 5. The zero-order valence-corrected chi connectivity index (χ0v) is 15.6. The van der Waals surface area contributed by atoms with Gasteiger partial charge in [0.05, 0.1) is 30.1 Å². The van der Waals surface area contributed by atoms with E-state index in [1.54, 1.807) is 11.0 Å². The van der Waals surface area contributed by atoms with Crippen LogP contribution in [0.3, 0.4) is 0 Å². The third kappa shape index (κ3) is 4.07. The Labute approximate surface area is 153 Å². The number of hydrogen-bond acceptors (Lipinski definition) is 5. The molecule has 2 fully saturated rings. The molecular formula is C18H25FN2O4S. The van der Waals surface area contributed by atoms with Crippen molar-refractivity contribution in [1.82, 2.24) is 10.2 Å². The fourth-order valence-electron chi connectivity index (χ4n) is 3.89. The van der Waals surface area contributed by atoms with Crippen LogP contribution in [0.2, 0.25) is 0 Å². The Bertz CT molecular complexity index is 783. The second kappa shape index (κ2) is 7.62. The van der Waals surface area contributed by atoms with Crippen LogP contribution in [0.1, 0.15) is 24.0 Å². The monoisotopic (exact) mass is 384 g/mol. The Hall–Kier alpha value is -1.51. The molecule has 3 rings (SSSR count). The lowest BCUT2D eigenvalue weighted by atomic mass is 10.0. The van der Waals surface area contributed by atoms with Gasteiger partial charge >= 0.3 is 0 Å². The van der Waals surface area contributed by atoms with Gasteiger partial charge < -0.3 is 15.3 Å². The lowest BCUT2D eigenvalue weighted by Gasteiger charge is -2.28. The number of aliphatic hydroxyl groups is 1. The van der Waals surface area contributed by atoms with Crippen LogP contribution in [-0.4, -0.2) is 61.1 Å². The molecule has 0 aromatic heterocycles. The molecule has 1 amide bonds. The molecule has 0 radical (unpaired) electrons. The van der Waals surface area contributed by atoms with Gasteiger partial charge in [0, 0.05) is 19.1 Å². The molecule has 0 saturated carbocycles. The van der Waals surface area contributed by atoms with Gasteiger partial charge in [-0.2, -0.15) is 0 Å². The van der Waals surface area contributed by atoms with E-state index in [0.717, 1.165) is 24.0 Å². The van der Waals surface area contributed by atoms with Crippen LogP contribution in [0.15, 0.2) is 18.2 Å². The number of benzene rings is 1. The van der Waals surface area contributed by atoms with Crippen LogP contribution in [-0.2, 0) is 21.2 Å².